The van der Waals surface area contributed by atoms with E-state index in [9.17, 15) is 18.0 Å². The number of piperazine rings is 1. The third kappa shape index (κ3) is 3.41. The molecular formula is C19H24F3N3O. The molecule has 0 aromatic heterocycles. The molecule has 0 aliphatic carbocycles. The molecule has 142 valence electrons. The van der Waals surface area contributed by atoms with Gasteiger partial charge in [0.2, 0.25) is 5.91 Å². The normalized spacial score (nSPS) is 29.1. The fourth-order valence-electron chi connectivity index (χ4n) is 4.50. The Bertz CT molecular complexity index is 662. The van der Waals surface area contributed by atoms with Crippen LogP contribution in [0.3, 0.4) is 0 Å². The molecule has 1 unspecified atom stereocenters. The second kappa shape index (κ2) is 6.76. The Morgan fingerprint density at radius 3 is 2.27 bits per heavy atom. The first-order chi connectivity index (χ1) is 12.4. The summed E-state index contributed by atoms with van der Waals surface area (Å²) in [6, 6.07) is 5.46. The Hall–Kier alpha value is -1.76. The van der Waals surface area contributed by atoms with E-state index >= 15 is 0 Å². The number of rotatable bonds is 2. The number of halogens is 3. The number of hydrogen-bond acceptors (Lipinski definition) is 3. The van der Waals surface area contributed by atoms with Crippen molar-refractivity contribution in [2.75, 3.05) is 44.2 Å². The van der Waals surface area contributed by atoms with Crippen molar-refractivity contribution in [3.05, 3.63) is 29.8 Å². The molecule has 1 aromatic rings. The summed E-state index contributed by atoms with van der Waals surface area (Å²) < 4.78 is 38.7. The zero-order chi connectivity index (χ0) is 18.3. The Labute approximate surface area is 151 Å². The summed E-state index contributed by atoms with van der Waals surface area (Å²) in [5.41, 5.74) is -0.0491. The van der Waals surface area contributed by atoms with Crippen molar-refractivity contribution in [3.63, 3.8) is 0 Å². The lowest BCUT2D eigenvalue weighted by Crippen LogP contribution is -2.59. The van der Waals surface area contributed by atoms with Crippen LogP contribution >= 0.6 is 0 Å². The number of carbonyl (C=O) groups excluding carboxylic acids is 1. The predicted molar refractivity (Wildman–Crippen MR) is 92.9 cm³/mol. The molecule has 0 saturated carbocycles. The number of carbonyl (C=O) groups is 1. The highest BCUT2D eigenvalue weighted by Gasteiger charge is 2.40. The van der Waals surface area contributed by atoms with Gasteiger partial charge in [0.25, 0.3) is 0 Å². The van der Waals surface area contributed by atoms with Crippen LogP contribution in [0.15, 0.2) is 24.3 Å². The van der Waals surface area contributed by atoms with Crippen LogP contribution in [0.25, 0.3) is 0 Å². The first-order valence-corrected chi connectivity index (χ1v) is 9.37. The van der Waals surface area contributed by atoms with Crippen molar-refractivity contribution in [1.29, 1.82) is 0 Å². The molecule has 4 nitrogen and oxygen atoms in total. The van der Waals surface area contributed by atoms with E-state index in [1.165, 1.54) is 25.0 Å². The zero-order valence-corrected chi connectivity index (χ0v) is 14.7. The summed E-state index contributed by atoms with van der Waals surface area (Å²) in [4.78, 5) is 19.0. The fraction of sp³-hybridized carbons (Fsp3) is 0.632. The molecule has 4 aliphatic rings. The van der Waals surface area contributed by atoms with Crippen molar-refractivity contribution >= 4 is 11.6 Å². The molecule has 1 aromatic carbocycles. The van der Waals surface area contributed by atoms with Crippen molar-refractivity contribution in [3.8, 4) is 0 Å². The van der Waals surface area contributed by atoms with E-state index in [-0.39, 0.29) is 11.9 Å². The number of alkyl halides is 3. The highest BCUT2D eigenvalue weighted by Crippen LogP contribution is 2.34. The standard InChI is InChI=1S/C19H24F3N3O/c20-19(21,22)15-2-1-3-16(13-15)23-8-10-25(11-9-23)18(26)17-12-14-4-6-24(17)7-5-14/h1-3,13-14,17H,4-12H2. The maximum absolute atomic E-state index is 12.9. The van der Waals surface area contributed by atoms with Crippen LogP contribution in [0.1, 0.15) is 24.8 Å². The summed E-state index contributed by atoms with van der Waals surface area (Å²) in [7, 11) is 0. The molecular weight excluding hydrogens is 343 g/mol. The van der Waals surface area contributed by atoms with Gasteiger partial charge in [-0.3, -0.25) is 9.69 Å². The molecule has 4 heterocycles. The van der Waals surface area contributed by atoms with Crippen LogP contribution in [-0.2, 0) is 11.0 Å². The van der Waals surface area contributed by atoms with Crippen LogP contribution < -0.4 is 4.90 Å². The summed E-state index contributed by atoms with van der Waals surface area (Å²) in [5, 5.41) is 0. The number of amides is 1. The van der Waals surface area contributed by atoms with E-state index in [0.717, 1.165) is 25.6 Å². The maximum Gasteiger partial charge on any atom is 0.416 e. The predicted octanol–water partition coefficient (Wildman–Crippen LogP) is 2.84. The van der Waals surface area contributed by atoms with Gasteiger partial charge in [0.1, 0.15) is 0 Å². The summed E-state index contributed by atoms with van der Waals surface area (Å²) in [5.74, 6) is 0.887. The van der Waals surface area contributed by atoms with Crippen LogP contribution in [0, 0.1) is 5.92 Å². The molecule has 0 radical (unpaired) electrons. The van der Waals surface area contributed by atoms with Gasteiger partial charge < -0.3 is 9.80 Å². The third-order valence-electron chi connectivity index (χ3n) is 6.06. The number of benzene rings is 1. The molecule has 7 heteroatoms. The second-order valence-corrected chi connectivity index (χ2v) is 7.59. The number of hydrogen-bond donors (Lipinski definition) is 0. The van der Waals surface area contributed by atoms with Crippen molar-refractivity contribution in [2.45, 2.75) is 31.5 Å². The lowest BCUT2D eigenvalue weighted by Gasteiger charge is -2.47. The summed E-state index contributed by atoms with van der Waals surface area (Å²) in [6.07, 6.45) is -0.963. The fourth-order valence-corrected chi connectivity index (χ4v) is 4.50. The van der Waals surface area contributed by atoms with Gasteiger partial charge in [-0.05, 0) is 56.5 Å². The van der Waals surface area contributed by atoms with E-state index in [4.69, 9.17) is 0 Å². The lowest BCUT2D eigenvalue weighted by atomic mass is 9.83. The van der Waals surface area contributed by atoms with E-state index < -0.39 is 11.7 Å². The quantitative estimate of drug-likeness (QED) is 0.804. The average Bonchev–Trinajstić information content (AvgIpc) is 2.68. The van der Waals surface area contributed by atoms with E-state index in [2.05, 4.69) is 4.90 Å². The van der Waals surface area contributed by atoms with E-state index in [1.807, 2.05) is 9.80 Å². The first-order valence-electron chi connectivity index (χ1n) is 9.37. The molecule has 5 rings (SSSR count). The number of nitrogens with zero attached hydrogens (tertiary/aromatic N) is 3. The minimum Gasteiger partial charge on any atom is -0.368 e. The minimum atomic E-state index is -4.33. The monoisotopic (exact) mass is 367 g/mol. The largest absolute Gasteiger partial charge is 0.416 e. The van der Waals surface area contributed by atoms with E-state index in [1.54, 1.807) is 6.07 Å². The SMILES string of the molecule is O=C(C1CC2CCN1CC2)N1CCN(c2cccc(C(F)(F)F)c2)CC1. The summed E-state index contributed by atoms with van der Waals surface area (Å²) >= 11 is 0. The molecule has 4 fully saturated rings. The van der Waals surface area contributed by atoms with Gasteiger partial charge in [-0.2, -0.15) is 13.2 Å². The number of piperidine rings is 3. The lowest BCUT2D eigenvalue weighted by molar-refractivity contribution is -0.141. The topological polar surface area (TPSA) is 26.8 Å². The van der Waals surface area contributed by atoms with Crippen molar-refractivity contribution < 1.29 is 18.0 Å². The van der Waals surface area contributed by atoms with Crippen LogP contribution in [0.5, 0.6) is 0 Å². The molecule has 4 aliphatic heterocycles. The highest BCUT2D eigenvalue weighted by molar-refractivity contribution is 5.82. The van der Waals surface area contributed by atoms with Gasteiger partial charge in [0.05, 0.1) is 11.6 Å². The van der Waals surface area contributed by atoms with Crippen molar-refractivity contribution in [2.24, 2.45) is 5.92 Å². The van der Waals surface area contributed by atoms with Crippen LogP contribution in [0.2, 0.25) is 0 Å². The molecule has 0 N–H and O–H groups in total. The summed E-state index contributed by atoms with van der Waals surface area (Å²) in [6.45, 7) is 4.33. The number of anilines is 1. The zero-order valence-electron chi connectivity index (χ0n) is 14.7. The Kier molecular flexibility index (Phi) is 4.59. The molecule has 1 amide bonds. The van der Waals surface area contributed by atoms with Gasteiger partial charge in [0.15, 0.2) is 0 Å². The smallest absolute Gasteiger partial charge is 0.368 e. The molecule has 1 atom stereocenters. The third-order valence-corrected chi connectivity index (χ3v) is 6.06. The van der Waals surface area contributed by atoms with Gasteiger partial charge in [0, 0.05) is 31.9 Å². The Morgan fingerprint density at radius 1 is 1.00 bits per heavy atom. The van der Waals surface area contributed by atoms with Crippen LogP contribution in [0.4, 0.5) is 18.9 Å². The van der Waals surface area contributed by atoms with Gasteiger partial charge >= 0.3 is 6.18 Å². The molecule has 2 bridgehead atoms. The molecule has 0 spiro atoms. The second-order valence-electron chi connectivity index (χ2n) is 7.59. The Balaban J connectivity index is 1.38. The van der Waals surface area contributed by atoms with E-state index in [0.29, 0.717) is 37.8 Å². The molecule has 26 heavy (non-hydrogen) atoms. The van der Waals surface area contributed by atoms with Crippen LogP contribution in [-0.4, -0.2) is 61.0 Å². The van der Waals surface area contributed by atoms with Crippen molar-refractivity contribution in [1.82, 2.24) is 9.80 Å². The number of fused-ring (bicyclic) bond motifs is 3. The minimum absolute atomic E-state index is 0.0163. The van der Waals surface area contributed by atoms with Gasteiger partial charge in [-0.1, -0.05) is 6.07 Å². The highest BCUT2D eigenvalue weighted by atomic mass is 19.4. The molecule has 4 saturated heterocycles. The van der Waals surface area contributed by atoms with Gasteiger partial charge in [-0.15, -0.1) is 0 Å². The Morgan fingerprint density at radius 2 is 1.69 bits per heavy atom. The maximum atomic E-state index is 12.9. The average molecular weight is 367 g/mol. The first kappa shape index (κ1) is 17.6. The van der Waals surface area contributed by atoms with Gasteiger partial charge in [-0.25, -0.2) is 0 Å².